The van der Waals surface area contributed by atoms with Gasteiger partial charge in [-0.05, 0) is 17.7 Å². The minimum Gasteiger partial charge on any atom is -0.486 e. The molecule has 3 N–H and O–H groups in total. The first kappa shape index (κ1) is 16.3. The van der Waals surface area contributed by atoms with Crippen molar-refractivity contribution in [1.29, 1.82) is 0 Å². The monoisotopic (exact) mass is 323 g/mol. The molecule has 0 bridgehead atoms. The Morgan fingerprint density at radius 1 is 1.17 bits per heavy atom. The van der Waals surface area contributed by atoms with Crippen molar-refractivity contribution < 1.29 is 22.7 Å². The van der Waals surface area contributed by atoms with Crippen molar-refractivity contribution in [2.75, 3.05) is 0 Å². The second kappa shape index (κ2) is 7.30. The second-order valence-electron chi connectivity index (χ2n) is 4.40. The highest BCUT2D eigenvalue weighted by Crippen LogP contribution is 2.23. The van der Waals surface area contributed by atoms with Crippen molar-refractivity contribution in [1.82, 2.24) is 5.43 Å². The molecule has 0 fully saturated rings. The maximum Gasteiger partial charge on any atom is 0.332 e. The van der Waals surface area contributed by atoms with Crippen LogP contribution in [0, 0.1) is 17.5 Å². The Morgan fingerprint density at radius 2 is 1.91 bits per heavy atom. The summed E-state index contributed by atoms with van der Waals surface area (Å²) in [7, 11) is 0. The first-order valence-corrected chi connectivity index (χ1v) is 6.41. The molecule has 23 heavy (non-hydrogen) atoms. The van der Waals surface area contributed by atoms with Crippen LogP contribution in [-0.4, -0.2) is 12.2 Å². The van der Waals surface area contributed by atoms with Gasteiger partial charge in [-0.15, -0.1) is 0 Å². The number of carbonyl (C=O) groups is 1. The first-order valence-electron chi connectivity index (χ1n) is 6.41. The van der Waals surface area contributed by atoms with Crippen LogP contribution in [0.15, 0.2) is 41.5 Å². The van der Waals surface area contributed by atoms with Crippen molar-refractivity contribution in [3.05, 3.63) is 65.0 Å². The average Bonchev–Trinajstić information content (AvgIpc) is 2.53. The molecule has 0 atom stereocenters. The number of amides is 2. The largest absolute Gasteiger partial charge is 0.486 e. The van der Waals surface area contributed by atoms with Gasteiger partial charge >= 0.3 is 6.03 Å². The van der Waals surface area contributed by atoms with Gasteiger partial charge in [0.1, 0.15) is 6.61 Å². The third kappa shape index (κ3) is 4.22. The number of hydrogen-bond donors (Lipinski definition) is 2. The molecule has 2 amide bonds. The molecule has 0 spiro atoms. The van der Waals surface area contributed by atoms with Gasteiger partial charge in [-0.1, -0.05) is 24.3 Å². The molecule has 2 aromatic carbocycles. The van der Waals surface area contributed by atoms with Crippen molar-refractivity contribution in [2.45, 2.75) is 6.61 Å². The quantitative estimate of drug-likeness (QED) is 0.504. The van der Waals surface area contributed by atoms with Crippen LogP contribution in [0.1, 0.15) is 11.1 Å². The maximum absolute atomic E-state index is 13.5. The summed E-state index contributed by atoms with van der Waals surface area (Å²) in [6, 6.07) is 7.72. The molecule has 0 aromatic heterocycles. The van der Waals surface area contributed by atoms with E-state index >= 15 is 0 Å². The molecule has 0 saturated heterocycles. The molecule has 0 aliphatic carbocycles. The minimum absolute atomic E-state index is 0.110. The fourth-order valence-corrected chi connectivity index (χ4v) is 1.73. The molecule has 0 saturated carbocycles. The summed E-state index contributed by atoms with van der Waals surface area (Å²) < 4.78 is 44.7. The Kier molecular flexibility index (Phi) is 5.19. The van der Waals surface area contributed by atoms with E-state index in [4.69, 9.17) is 10.5 Å². The number of carbonyl (C=O) groups excluding carboxylic acids is 1. The van der Waals surface area contributed by atoms with Gasteiger partial charge in [-0.3, -0.25) is 0 Å². The van der Waals surface area contributed by atoms with Crippen LogP contribution in [0.25, 0.3) is 0 Å². The zero-order valence-corrected chi connectivity index (χ0v) is 11.7. The smallest absolute Gasteiger partial charge is 0.332 e. The summed E-state index contributed by atoms with van der Waals surface area (Å²) in [5, 5.41) is 3.61. The molecule has 120 valence electrons. The molecule has 8 heteroatoms. The van der Waals surface area contributed by atoms with Gasteiger partial charge in [-0.2, -0.15) is 9.49 Å². The highest BCUT2D eigenvalue weighted by Gasteiger charge is 2.14. The Bertz CT molecular complexity index is 751. The van der Waals surface area contributed by atoms with Crippen molar-refractivity contribution in [3.63, 3.8) is 0 Å². The zero-order chi connectivity index (χ0) is 16.8. The SMILES string of the molecule is NC(=O)NN=Cc1ccccc1COc1ccc(F)c(F)c1F. The Hall–Kier alpha value is -3.03. The molecule has 2 rings (SSSR count). The van der Waals surface area contributed by atoms with Crippen molar-refractivity contribution in [2.24, 2.45) is 10.8 Å². The number of urea groups is 1. The van der Waals surface area contributed by atoms with E-state index < -0.39 is 29.2 Å². The van der Waals surface area contributed by atoms with Crippen LogP contribution in [0.3, 0.4) is 0 Å². The van der Waals surface area contributed by atoms with E-state index in [1.165, 1.54) is 6.21 Å². The fraction of sp³-hybridized carbons (Fsp3) is 0.0667. The number of rotatable bonds is 5. The third-order valence-corrected chi connectivity index (χ3v) is 2.82. The van der Waals surface area contributed by atoms with Crippen molar-refractivity contribution >= 4 is 12.2 Å². The maximum atomic E-state index is 13.5. The Labute approximate surface area is 129 Å². The normalized spacial score (nSPS) is 10.7. The summed E-state index contributed by atoms with van der Waals surface area (Å²) in [4.78, 5) is 10.5. The van der Waals surface area contributed by atoms with Gasteiger partial charge in [0.25, 0.3) is 0 Å². The van der Waals surface area contributed by atoms with E-state index in [2.05, 4.69) is 5.10 Å². The number of nitrogens with two attached hydrogens (primary N) is 1. The van der Waals surface area contributed by atoms with Crippen LogP contribution in [0.4, 0.5) is 18.0 Å². The summed E-state index contributed by atoms with van der Waals surface area (Å²) in [5.74, 6) is -4.69. The zero-order valence-electron chi connectivity index (χ0n) is 11.7. The summed E-state index contributed by atoms with van der Waals surface area (Å²) in [6.07, 6.45) is 1.32. The van der Waals surface area contributed by atoms with Crippen LogP contribution >= 0.6 is 0 Å². The number of halogens is 3. The summed E-state index contributed by atoms with van der Waals surface area (Å²) in [6.45, 7) is -0.110. The standard InChI is InChI=1S/C15H12F3N3O2/c16-11-5-6-12(14(18)13(11)17)23-8-10-4-2-1-3-9(10)7-20-21-15(19)22/h1-7H,8H2,(H3,19,21,22). The predicted molar refractivity (Wildman–Crippen MR) is 77.4 cm³/mol. The topological polar surface area (TPSA) is 76.7 Å². The lowest BCUT2D eigenvalue weighted by Crippen LogP contribution is -2.24. The van der Waals surface area contributed by atoms with Crippen LogP contribution in [-0.2, 0) is 6.61 Å². The molecule has 2 aromatic rings. The number of nitrogens with zero attached hydrogens (tertiary/aromatic N) is 1. The van der Waals surface area contributed by atoms with E-state index in [1.807, 2.05) is 5.43 Å². The Balaban J connectivity index is 2.14. The molecule has 0 aliphatic heterocycles. The van der Waals surface area contributed by atoms with E-state index in [1.54, 1.807) is 24.3 Å². The molecule has 5 nitrogen and oxygen atoms in total. The Morgan fingerprint density at radius 3 is 2.65 bits per heavy atom. The van der Waals surface area contributed by atoms with E-state index in [0.717, 1.165) is 12.1 Å². The second-order valence-corrected chi connectivity index (χ2v) is 4.40. The van der Waals surface area contributed by atoms with Crippen molar-refractivity contribution in [3.8, 4) is 5.75 Å². The number of ether oxygens (including phenoxy) is 1. The number of benzene rings is 2. The highest BCUT2D eigenvalue weighted by atomic mass is 19.2. The van der Waals surface area contributed by atoms with Gasteiger partial charge in [-0.25, -0.2) is 19.0 Å². The number of primary amides is 1. The van der Waals surface area contributed by atoms with Gasteiger partial charge < -0.3 is 10.5 Å². The lowest BCUT2D eigenvalue weighted by Gasteiger charge is -2.10. The molecule has 0 unspecified atom stereocenters. The molecule has 0 heterocycles. The van der Waals surface area contributed by atoms with Gasteiger partial charge in [0, 0.05) is 5.56 Å². The predicted octanol–water partition coefficient (Wildman–Crippen LogP) is 2.69. The molecular weight excluding hydrogens is 311 g/mol. The molecule has 0 radical (unpaired) electrons. The summed E-state index contributed by atoms with van der Waals surface area (Å²) in [5.41, 5.74) is 8.07. The van der Waals surface area contributed by atoms with Crippen LogP contribution in [0.5, 0.6) is 5.75 Å². The summed E-state index contributed by atoms with van der Waals surface area (Å²) >= 11 is 0. The van der Waals surface area contributed by atoms with Crippen LogP contribution in [0.2, 0.25) is 0 Å². The average molecular weight is 323 g/mol. The fourth-order valence-electron chi connectivity index (χ4n) is 1.73. The lowest BCUT2D eigenvalue weighted by atomic mass is 10.1. The van der Waals surface area contributed by atoms with E-state index in [-0.39, 0.29) is 6.61 Å². The highest BCUT2D eigenvalue weighted by molar-refractivity contribution is 5.83. The first-order chi connectivity index (χ1) is 11.0. The van der Waals surface area contributed by atoms with E-state index in [9.17, 15) is 18.0 Å². The number of hydrazone groups is 1. The molecule has 0 aliphatic rings. The van der Waals surface area contributed by atoms with Gasteiger partial charge in [0.05, 0.1) is 6.21 Å². The van der Waals surface area contributed by atoms with Gasteiger partial charge in [0.15, 0.2) is 17.4 Å². The third-order valence-electron chi connectivity index (χ3n) is 2.82. The number of nitrogens with one attached hydrogen (secondary N) is 1. The minimum atomic E-state index is -1.59. The van der Waals surface area contributed by atoms with Gasteiger partial charge in [0.2, 0.25) is 5.82 Å². The lowest BCUT2D eigenvalue weighted by molar-refractivity contribution is 0.249. The number of hydrogen-bond acceptors (Lipinski definition) is 3. The molecular formula is C15H12F3N3O2. The van der Waals surface area contributed by atoms with E-state index in [0.29, 0.717) is 11.1 Å². The van der Waals surface area contributed by atoms with Crippen LogP contribution < -0.4 is 15.9 Å².